The van der Waals surface area contributed by atoms with Crippen molar-refractivity contribution in [3.63, 3.8) is 0 Å². The van der Waals surface area contributed by atoms with E-state index in [4.69, 9.17) is 21.1 Å². The van der Waals surface area contributed by atoms with Gasteiger partial charge in [-0.2, -0.15) is 0 Å². The molecule has 0 saturated carbocycles. The number of benzene rings is 1. The summed E-state index contributed by atoms with van der Waals surface area (Å²) in [4.78, 5) is 35.1. The maximum Gasteiger partial charge on any atom is 0.348 e. The Kier molecular flexibility index (Phi) is 4.23. The molecule has 0 aromatic heterocycles. The lowest BCUT2D eigenvalue weighted by molar-refractivity contribution is -0.222. The van der Waals surface area contributed by atoms with Crippen LogP contribution in [-0.2, 0) is 23.8 Å². The molecular weight excluding hydrogens is 312 g/mol. The van der Waals surface area contributed by atoms with Crippen molar-refractivity contribution in [1.29, 1.82) is 0 Å². The van der Waals surface area contributed by atoms with E-state index in [-0.39, 0.29) is 16.2 Å². The van der Waals surface area contributed by atoms with Crippen LogP contribution in [0.4, 0.5) is 0 Å². The third-order valence-electron chi connectivity index (χ3n) is 2.83. The predicted molar refractivity (Wildman–Crippen MR) is 77.0 cm³/mol. The molecule has 2 rings (SSSR count). The zero-order valence-electron chi connectivity index (χ0n) is 12.1. The maximum absolute atomic E-state index is 11.8. The summed E-state index contributed by atoms with van der Waals surface area (Å²) in [5.41, 5.74) is 0.378. The Morgan fingerprint density at radius 3 is 2.32 bits per heavy atom. The second-order valence-electron chi connectivity index (χ2n) is 4.97. The van der Waals surface area contributed by atoms with Gasteiger partial charge in [0.05, 0.1) is 17.7 Å². The molecule has 22 heavy (non-hydrogen) atoms. The van der Waals surface area contributed by atoms with Gasteiger partial charge in [0.1, 0.15) is 5.57 Å². The topological polar surface area (TPSA) is 78.9 Å². The second kappa shape index (κ2) is 5.81. The van der Waals surface area contributed by atoms with Crippen molar-refractivity contribution < 1.29 is 28.6 Å². The number of cyclic esters (lactones) is 2. The van der Waals surface area contributed by atoms with Crippen molar-refractivity contribution in [2.45, 2.75) is 19.6 Å². The lowest BCUT2D eigenvalue weighted by atomic mass is 10.1. The van der Waals surface area contributed by atoms with Gasteiger partial charge in [-0.1, -0.05) is 17.7 Å². The Hall–Kier alpha value is -2.34. The molecule has 6 nitrogen and oxygen atoms in total. The molecule has 116 valence electrons. The van der Waals surface area contributed by atoms with E-state index in [9.17, 15) is 14.4 Å². The molecule has 0 amide bonds. The maximum atomic E-state index is 11.8. The summed E-state index contributed by atoms with van der Waals surface area (Å²) >= 11 is 5.98. The van der Waals surface area contributed by atoms with Crippen LogP contribution in [0.2, 0.25) is 5.02 Å². The first kappa shape index (κ1) is 16.0. The van der Waals surface area contributed by atoms with Gasteiger partial charge < -0.3 is 14.2 Å². The fourth-order valence-electron chi connectivity index (χ4n) is 1.84. The van der Waals surface area contributed by atoms with Crippen LogP contribution >= 0.6 is 11.6 Å². The zero-order chi connectivity index (χ0) is 16.5. The van der Waals surface area contributed by atoms with Crippen LogP contribution in [0.25, 0.3) is 6.08 Å². The molecule has 0 radical (unpaired) electrons. The first-order valence-electron chi connectivity index (χ1n) is 6.30. The minimum Gasteiger partial charge on any atom is -0.465 e. The summed E-state index contributed by atoms with van der Waals surface area (Å²) in [5, 5.41) is 0.138. The standard InChI is InChI=1S/C15H13ClO6/c1-15(2)21-13(18)10(14(19)22-15)6-8-4-5-9(11(16)7-8)12(17)20-3/h4-7H,1-3H3. The van der Waals surface area contributed by atoms with Crippen LogP contribution < -0.4 is 0 Å². The Labute approximate surface area is 131 Å². The molecule has 0 N–H and O–H groups in total. The van der Waals surface area contributed by atoms with Gasteiger partial charge >= 0.3 is 17.9 Å². The lowest BCUT2D eigenvalue weighted by Crippen LogP contribution is -2.41. The quantitative estimate of drug-likeness (QED) is 0.472. The highest BCUT2D eigenvalue weighted by Crippen LogP contribution is 2.25. The van der Waals surface area contributed by atoms with Gasteiger partial charge in [0.2, 0.25) is 0 Å². The molecule has 1 aromatic rings. The van der Waals surface area contributed by atoms with E-state index in [1.54, 1.807) is 0 Å². The minimum atomic E-state index is -1.29. The Morgan fingerprint density at radius 1 is 1.23 bits per heavy atom. The van der Waals surface area contributed by atoms with Crippen molar-refractivity contribution in [3.8, 4) is 0 Å². The average Bonchev–Trinajstić information content (AvgIpc) is 2.41. The first-order chi connectivity index (χ1) is 10.2. The highest BCUT2D eigenvalue weighted by molar-refractivity contribution is 6.33. The molecule has 1 fully saturated rings. The van der Waals surface area contributed by atoms with Gasteiger partial charge in [0, 0.05) is 13.8 Å². The fourth-order valence-corrected chi connectivity index (χ4v) is 2.11. The van der Waals surface area contributed by atoms with Crippen molar-refractivity contribution in [1.82, 2.24) is 0 Å². The summed E-state index contributed by atoms with van der Waals surface area (Å²) in [6.45, 7) is 2.92. The Balaban J connectivity index is 2.34. The van der Waals surface area contributed by atoms with E-state index in [2.05, 4.69) is 4.74 Å². The largest absolute Gasteiger partial charge is 0.465 e. The number of carbonyl (C=O) groups excluding carboxylic acids is 3. The van der Waals surface area contributed by atoms with Crippen LogP contribution in [-0.4, -0.2) is 30.8 Å². The Bertz CT molecular complexity index is 667. The third kappa shape index (κ3) is 3.28. The van der Waals surface area contributed by atoms with Crippen LogP contribution in [0.5, 0.6) is 0 Å². The first-order valence-corrected chi connectivity index (χ1v) is 6.67. The summed E-state index contributed by atoms with van der Waals surface area (Å²) in [5.74, 6) is -3.44. The second-order valence-corrected chi connectivity index (χ2v) is 5.37. The molecule has 1 heterocycles. The summed E-state index contributed by atoms with van der Waals surface area (Å²) < 4.78 is 14.5. The van der Waals surface area contributed by atoms with E-state index in [1.165, 1.54) is 45.2 Å². The average molecular weight is 325 g/mol. The number of esters is 3. The van der Waals surface area contributed by atoms with Crippen LogP contribution in [0.15, 0.2) is 23.8 Å². The zero-order valence-corrected chi connectivity index (χ0v) is 12.9. The molecule has 0 aliphatic carbocycles. The van der Waals surface area contributed by atoms with Gasteiger partial charge in [-0.15, -0.1) is 0 Å². The highest BCUT2D eigenvalue weighted by Gasteiger charge is 2.38. The molecule has 0 bridgehead atoms. The number of methoxy groups -OCH3 is 1. The van der Waals surface area contributed by atoms with Gasteiger partial charge in [0.25, 0.3) is 5.79 Å². The number of hydrogen-bond acceptors (Lipinski definition) is 6. The summed E-state index contributed by atoms with van der Waals surface area (Å²) in [6.07, 6.45) is 1.28. The normalized spacial score (nSPS) is 16.6. The summed E-state index contributed by atoms with van der Waals surface area (Å²) in [7, 11) is 1.24. The number of hydrogen-bond donors (Lipinski definition) is 0. The molecule has 0 unspecified atom stereocenters. The van der Waals surface area contributed by atoms with Crippen LogP contribution in [0, 0.1) is 0 Å². The molecular formula is C15H13ClO6. The van der Waals surface area contributed by atoms with Gasteiger partial charge in [-0.3, -0.25) is 0 Å². The van der Waals surface area contributed by atoms with Crippen molar-refractivity contribution in [3.05, 3.63) is 39.9 Å². The van der Waals surface area contributed by atoms with Crippen molar-refractivity contribution in [2.24, 2.45) is 0 Å². The van der Waals surface area contributed by atoms with Gasteiger partial charge in [-0.25, -0.2) is 14.4 Å². The summed E-state index contributed by atoms with van der Waals surface area (Å²) in [6, 6.07) is 4.39. The van der Waals surface area contributed by atoms with Crippen molar-refractivity contribution >= 4 is 35.6 Å². The van der Waals surface area contributed by atoms with E-state index < -0.39 is 23.7 Å². The SMILES string of the molecule is COC(=O)c1ccc(C=C2C(=O)OC(C)(C)OC2=O)cc1Cl. The third-order valence-corrected chi connectivity index (χ3v) is 3.14. The molecule has 0 atom stereocenters. The van der Waals surface area contributed by atoms with Gasteiger partial charge in [-0.05, 0) is 23.8 Å². The molecule has 1 aromatic carbocycles. The monoisotopic (exact) mass is 324 g/mol. The van der Waals surface area contributed by atoms with Gasteiger partial charge in [0.15, 0.2) is 0 Å². The van der Waals surface area contributed by atoms with Crippen LogP contribution in [0.1, 0.15) is 29.8 Å². The Morgan fingerprint density at radius 2 is 1.82 bits per heavy atom. The predicted octanol–water partition coefficient (Wildman–Crippen LogP) is 2.35. The smallest absolute Gasteiger partial charge is 0.348 e. The molecule has 1 aliphatic rings. The molecule has 1 aliphatic heterocycles. The van der Waals surface area contributed by atoms with E-state index in [0.717, 1.165) is 0 Å². The highest BCUT2D eigenvalue weighted by atomic mass is 35.5. The van der Waals surface area contributed by atoms with E-state index in [0.29, 0.717) is 5.56 Å². The van der Waals surface area contributed by atoms with E-state index >= 15 is 0 Å². The molecule has 0 spiro atoms. The number of ether oxygens (including phenoxy) is 3. The lowest BCUT2D eigenvalue weighted by Gasteiger charge is -2.29. The molecule has 1 saturated heterocycles. The number of carbonyl (C=O) groups is 3. The minimum absolute atomic E-state index is 0.138. The van der Waals surface area contributed by atoms with Crippen LogP contribution in [0.3, 0.4) is 0 Å². The molecule has 7 heteroatoms. The fraction of sp³-hybridized carbons (Fsp3) is 0.267. The van der Waals surface area contributed by atoms with E-state index in [1.807, 2.05) is 0 Å². The van der Waals surface area contributed by atoms with Crippen molar-refractivity contribution in [2.75, 3.05) is 7.11 Å². The number of halogens is 1. The number of rotatable bonds is 2.